The van der Waals surface area contributed by atoms with Crippen LogP contribution in [0.5, 0.6) is 0 Å². The van der Waals surface area contributed by atoms with Crippen molar-refractivity contribution in [1.82, 2.24) is 9.78 Å². The summed E-state index contributed by atoms with van der Waals surface area (Å²) >= 11 is 0. The molecular weight excluding hydrogens is 254 g/mol. The summed E-state index contributed by atoms with van der Waals surface area (Å²) in [7, 11) is -3.72. The minimum atomic E-state index is -3.72. The van der Waals surface area contributed by atoms with Crippen LogP contribution >= 0.6 is 0 Å². The number of hydrogen-bond acceptors (Lipinski definition) is 4. The average molecular weight is 273 g/mol. The van der Waals surface area contributed by atoms with Gasteiger partial charge in [0, 0.05) is 6.61 Å². The number of nitrogens with zero attached hydrogens (tertiary/aromatic N) is 2. The van der Waals surface area contributed by atoms with Crippen LogP contribution in [-0.4, -0.2) is 31.4 Å². The Hall–Kier alpha value is -0.920. The van der Waals surface area contributed by atoms with E-state index in [0.717, 1.165) is 6.42 Å². The lowest BCUT2D eigenvalue weighted by Crippen LogP contribution is -2.17. The number of aromatic nitrogens is 2. The highest BCUT2D eigenvalue weighted by atomic mass is 32.2. The molecule has 0 radical (unpaired) electrons. The molecule has 0 aliphatic carbocycles. The third-order valence-electron chi connectivity index (χ3n) is 3.24. The molecule has 2 heterocycles. The Kier molecular flexibility index (Phi) is 3.74. The number of ether oxygens (including phenoxy) is 1. The van der Waals surface area contributed by atoms with Gasteiger partial charge in [0.2, 0.25) is 10.0 Å². The van der Waals surface area contributed by atoms with Crippen LogP contribution in [0.2, 0.25) is 0 Å². The maximum absolute atomic E-state index is 11.7. The summed E-state index contributed by atoms with van der Waals surface area (Å²) in [6.07, 6.45) is 2.01. The molecule has 1 atom stereocenters. The summed E-state index contributed by atoms with van der Waals surface area (Å²) < 4.78 is 30.6. The predicted octanol–water partition coefficient (Wildman–Crippen LogP) is 0.617. The second-order valence-corrected chi connectivity index (χ2v) is 5.93. The topological polar surface area (TPSA) is 87.2 Å². The molecule has 2 N–H and O–H groups in total. The molecule has 0 amide bonds. The summed E-state index contributed by atoms with van der Waals surface area (Å²) in [4.78, 5) is 0.208. The van der Waals surface area contributed by atoms with Gasteiger partial charge in [-0.05, 0) is 19.3 Å². The van der Waals surface area contributed by atoms with Gasteiger partial charge in [0.25, 0.3) is 0 Å². The van der Waals surface area contributed by atoms with Gasteiger partial charge in [0.1, 0.15) is 4.90 Å². The lowest BCUT2D eigenvalue weighted by Gasteiger charge is -2.12. The van der Waals surface area contributed by atoms with Crippen molar-refractivity contribution >= 4 is 10.0 Å². The van der Waals surface area contributed by atoms with Gasteiger partial charge >= 0.3 is 0 Å². The van der Waals surface area contributed by atoms with E-state index >= 15 is 0 Å². The third kappa shape index (κ3) is 2.30. The van der Waals surface area contributed by atoms with E-state index in [1.165, 1.54) is 0 Å². The number of hydrogen-bond donors (Lipinski definition) is 1. The van der Waals surface area contributed by atoms with Crippen LogP contribution in [-0.2, 0) is 27.6 Å². The van der Waals surface area contributed by atoms with E-state index < -0.39 is 10.0 Å². The van der Waals surface area contributed by atoms with Crippen molar-refractivity contribution in [1.29, 1.82) is 0 Å². The molecule has 1 aromatic rings. The van der Waals surface area contributed by atoms with Gasteiger partial charge in [0.15, 0.2) is 0 Å². The van der Waals surface area contributed by atoms with Crippen LogP contribution in [0.4, 0.5) is 0 Å². The lowest BCUT2D eigenvalue weighted by molar-refractivity contribution is 0.184. The van der Waals surface area contributed by atoms with Crippen molar-refractivity contribution in [2.75, 3.05) is 13.2 Å². The predicted molar refractivity (Wildman–Crippen MR) is 66.8 cm³/mol. The highest BCUT2D eigenvalue weighted by Gasteiger charge is 2.28. The van der Waals surface area contributed by atoms with E-state index in [4.69, 9.17) is 9.88 Å². The van der Waals surface area contributed by atoms with Gasteiger partial charge in [0.05, 0.1) is 24.0 Å². The molecule has 0 saturated carbocycles. The van der Waals surface area contributed by atoms with Crippen molar-refractivity contribution in [2.45, 2.75) is 44.0 Å². The molecule has 1 saturated heterocycles. The Morgan fingerprint density at radius 2 is 2.17 bits per heavy atom. The van der Waals surface area contributed by atoms with Crippen LogP contribution < -0.4 is 5.14 Å². The van der Waals surface area contributed by atoms with Gasteiger partial charge in [-0.15, -0.1) is 0 Å². The minimum Gasteiger partial charge on any atom is -0.379 e. The first-order valence-corrected chi connectivity index (χ1v) is 7.74. The van der Waals surface area contributed by atoms with E-state index in [2.05, 4.69) is 5.10 Å². The van der Waals surface area contributed by atoms with E-state index in [1.807, 2.05) is 13.8 Å². The zero-order valence-corrected chi connectivity index (χ0v) is 11.5. The van der Waals surface area contributed by atoms with E-state index in [1.54, 1.807) is 4.68 Å². The molecule has 0 bridgehead atoms. The number of sulfonamides is 1. The lowest BCUT2D eigenvalue weighted by atomic mass is 10.2. The third-order valence-corrected chi connectivity index (χ3v) is 4.28. The first-order valence-electron chi connectivity index (χ1n) is 6.19. The van der Waals surface area contributed by atoms with Gasteiger partial charge < -0.3 is 4.74 Å². The normalized spacial score (nSPS) is 20.5. The fourth-order valence-corrected chi connectivity index (χ4v) is 3.49. The van der Waals surface area contributed by atoms with Crippen LogP contribution in [0, 0.1) is 0 Å². The molecule has 7 heteroatoms. The Labute approximate surface area is 107 Å². The van der Waals surface area contributed by atoms with E-state index in [9.17, 15) is 8.42 Å². The largest absolute Gasteiger partial charge is 0.379 e. The maximum Gasteiger partial charge on any atom is 0.241 e. The molecule has 1 aliphatic rings. The maximum atomic E-state index is 11.7. The molecule has 6 nitrogen and oxygen atoms in total. The number of nitrogens with two attached hydrogens (primary N) is 1. The van der Waals surface area contributed by atoms with Crippen molar-refractivity contribution in [3.63, 3.8) is 0 Å². The van der Waals surface area contributed by atoms with Crippen LogP contribution in [0.3, 0.4) is 0 Å². The standard InChI is InChI=1S/C11H19N3O3S/c1-3-9-11(18(12,15)16)10(4-2)14(13-9)8-5-6-17-7-8/h8H,3-7H2,1-2H3,(H2,12,15,16). The molecule has 0 aromatic carbocycles. The summed E-state index contributed by atoms with van der Waals surface area (Å²) in [5, 5.41) is 9.73. The van der Waals surface area contributed by atoms with Crippen molar-refractivity contribution in [3.05, 3.63) is 11.4 Å². The first-order chi connectivity index (χ1) is 8.49. The van der Waals surface area contributed by atoms with Crippen molar-refractivity contribution < 1.29 is 13.2 Å². The highest BCUT2D eigenvalue weighted by Crippen LogP contribution is 2.27. The van der Waals surface area contributed by atoms with Gasteiger partial charge in [-0.1, -0.05) is 13.8 Å². The summed E-state index contributed by atoms with van der Waals surface area (Å²) in [5.41, 5.74) is 1.26. The quantitative estimate of drug-likeness (QED) is 0.871. The molecule has 2 rings (SSSR count). The Balaban J connectivity index is 2.58. The van der Waals surface area contributed by atoms with E-state index in [-0.39, 0.29) is 10.9 Å². The fourth-order valence-electron chi connectivity index (χ4n) is 2.41. The summed E-state index contributed by atoms with van der Waals surface area (Å²) in [5.74, 6) is 0. The fraction of sp³-hybridized carbons (Fsp3) is 0.727. The smallest absolute Gasteiger partial charge is 0.241 e. The second kappa shape index (κ2) is 4.99. The Morgan fingerprint density at radius 1 is 1.44 bits per heavy atom. The SMILES string of the molecule is CCc1nn(C2CCOC2)c(CC)c1S(N)(=O)=O. The molecule has 102 valence electrons. The van der Waals surface area contributed by atoms with Gasteiger partial charge in [-0.2, -0.15) is 5.10 Å². The monoisotopic (exact) mass is 273 g/mol. The molecule has 1 aromatic heterocycles. The Morgan fingerprint density at radius 3 is 2.61 bits per heavy atom. The number of aryl methyl sites for hydroxylation is 1. The van der Waals surface area contributed by atoms with Crippen LogP contribution in [0.15, 0.2) is 4.90 Å². The molecule has 1 fully saturated rings. The molecule has 18 heavy (non-hydrogen) atoms. The zero-order valence-electron chi connectivity index (χ0n) is 10.7. The van der Waals surface area contributed by atoms with Gasteiger partial charge in [-0.3, -0.25) is 4.68 Å². The molecule has 1 aliphatic heterocycles. The van der Waals surface area contributed by atoms with Crippen LogP contribution in [0.25, 0.3) is 0 Å². The number of primary sulfonamides is 1. The highest BCUT2D eigenvalue weighted by molar-refractivity contribution is 7.89. The minimum absolute atomic E-state index is 0.126. The molecular formula is C11H19N3O3S. The van der Waals surface area contributed by atoms with Crippen molar-refractivity contribution in [3.8, 4) is 0 Å². The van der Waals surface area contributed by atoms with Crippen LogP contribution in [0.1, 0.15) is 37.7 Å². The van der Waals surface area contributed by atoms with Gasteiger partial charge in [-0.25, -0.2) is 13.6 Å². The molecule has 0 spiro atoms. The zero-order chi connectivity index (χ0) is 13.3. The second-order valence-electron chi connectivity index (χ2n) is 4.44. The Bertz CT molecular complexity index is 530. The first kappa shape index (κ1) is 13.5. The average Bonchev–Trinajstić information content (AvgIpc) is 2.93. The van der Waals surface area contributed by atoms with Crippen molar-refractivity contribution in [2.24, 2.45) is 5.14 Å². The van der Waals surface area contributed by atoms with E-state index in [0.29, 0.717) is 37.4 Å². The molecule has 1 unspecified atom stereocenters. The summed E-state index contributed by atoms with van der Waals surface area (Å²) in [6, 6.07) is 0.126. The summed E-state index contributed by atoms with van der Waals surface area (Å²) in [6.45, 7) is 5.07. The number of rotatable bonds is 4.